The lowest BCUT2D eigenvalue weighted by molar-refractivity contribution is -0.139. The van der Waals surface area contributed by atoms with Gasteiger partial charge in [0.15, 0.2) is 16.3 Å². The number of methoxy groups -OCH3 is 2. The average Bonchev–Trinajstić information content (AvgIpc) is 3.17. The van der Waals surface area contributed by atoms with Crippen LogP contribution in [0, 0.1) is 0 Å². The number of fused-ring (bicyclic) bond motifs is 1. The molecule has 1 aromatic heterocycles. The van der Waals surface area contributed by atoms with Gasteiger partial charge in [0.2, 0.25) is 0 Å². The van der Waals surface area contributed by atoms with E-state index in [1.807, 2.05) is 42.7 Å². The van der Waals surface area contributed by atoms with Gasteiger partial charge < -0.3 is 14.2 Å². The van der Waals surface area contributed by atoms with Crippen LogP contribution in [0.25, 0.3) is 6.08 Å². The molecule has 0 aliphatic carbocycles. The Balaban J connectivity index is 1.94. The Morgan fingerprint density at radius 3 is 2.49 bits per heavy atom. The first-order valence-corrected chi connectivity index (χ1v) is 13.0. The summed E-state index contributed by atoms with van der Waals surface area (Å²) in [5.41, 5.74) is 2.22. The maximum Gasteiger partial charge on any atom is 0.338 e. The summed E-state index contributed by atoms with van der Waals surface area (Å²) in [7, 11) is 3.10. The Bertz CT molecular complexity index is 1470. The van der Waals surface area contributed by atoms with Crippen LogP contribution in [0.1, 0.15) is 31.0 Å². The molecule has 0 radical (unpaired) electrons. The van der Waals surface area contributed by atoms with Crippen LogP contribution in [0.4, 0.5) is 0 Å². The standard InChI is InChI=1S/C26H26N2O5S2/c1-6-33-25(30)22-15(2)27-26-28(23(22)17-9-12-19(31-3)20(14-17)32-4)24(29)21(35-26)13-16-7-10-18(34-5)11-8-16/h7-14,23H,6H2,1-5H3/b21-13-. The summed E-state index contributed by atoms with van der Waals surface area (Å²) in [6.07, 6.45) is 3.87. The number of allylic oxidation sites excluding steroid dienone is 1. The van der Waals surface area contributed by atoms with Gasteiger partial charge in [-0.3, -0.25) is 9.36 Å². The van der Waals surface area contributed by atoms with Gasteiger partial charge in [0.05, 0.1) is 42.7 Å². The second-order valence-corrected chi connectivity index (χ2v) is 9.58. The highest BCUT2D eigenvalue weighted by atomic mass is 32.2. The molecule has 1 aliphatic heterocycles. The Kier molecular flexibility index (Phi) is 7.47. The monoisotopic (exact) mass is 510 g/mol. The molecular formula is C26H26N2O5S2. The van der Waals surface area contributed by atoms with Crippen molar-refractivity contribution in [3.63, 3.8) is 0 Å². The molecule has 2 heterocycles. The number of thioether (sulfide) groups is 1. The van der Waals surface area contributed by atoms with Gasteiger partial charge in [0, 0.05) is 4.90 Å². The minimum Gasteiger partial charge on any atom is -0.493 e. The second-order valence-electron chi connectivity index (χ2n) is 7.69. The molecule has 0 saturated carbocycles. The van der Waals surface area contributed by atoms with Crippen LogP contribution in [-0.4, -0.2) is 37.6 Å². The lowest BCUT2D eigenvalue weighted by atomic mass is 9.95. The zero-order valence-corrected chi connectivity index (χ0v) is 21.8. The lowest BCUT2D eigenvalue weighted by Gasteiger charge is -2.25. The predicted molar refractivity (Wildman–Crippen MR) is 138 cm³/mol. The Morgan fingerprint density at radius 2 is 1.86 bits per heavy atom. The molecular weight excluding hydrogens is 484 g/mol. The van der Waals surface area contributed by atoms with Gasteiger partial charge in [-0.15, -0.1) is 11.8 Å². The van der Waals surface area contributed by atoms with Crippen molar-refractivity contribution >= 4 is 35.1 Å². The average molecular weight is 511 g/mol. The molecule has 2 aromatic carbocycles. The van der Waals surface area contributed by atoms with Crippen LogP contribution in [0.5, 0.6) is 11.5 Å². The molecule has 0 bridgehead atoms. The van der Waals surface area contributed by atoms with Crippen molar-refractivity contribution in [2.75, 3.05) is 27.1 Å². The number of esters is 1. The summed E-state index contributed by atoms with van der Waals surface area (Å²) in [5.74, 6) is 0.546. The highest BCUT2D eigenvalue weighted by Gasteiger charge is 2.33. The third-order valence-corrected chi connectivity index (χ3v) is 7.38. The number of ether oxygens (including phenoxy) is 3. The van der Waals surface area contributed by atoms with Crippen molar-refractivity contribution in [1.82, 2.24) is 4.57 Å². The molecule has 0 saturated heterocycles. The number of nitrogens with zero attached hydrogens (tertiary/aromatic N) is 2. The van der Waals surface area contributed by atoms with Crippen LogP contribution in [0.3, 0.4) is 0 Å². The summed E-state index contributed by atoms with van der Waals surface area (Å²) in [6.45, 7) is 3.72. The maximum absolute atomic E-state index is 13.7. The molecule has 182 valence electrons. The number of benzene rings is 2. The Labute approximate surface area is 211 Å². The Morgan fingerprint density at radius 1 is 1.14 bits per heavy atom. The molecule has 7 nitrogen and oxygen atoms in total. The summed E-state index contributed by atoms with van der Waals surface area (Å²) in [6, 6.07) is 12.6. The molecule has 1 unspecified atom stereocenters. The first kappa shape index (κ1) is 24.8. The van der Waals surface area contributed by atoms with Crippen molar-refractivity contribution in [1.29, 1.82) is 0 Å². The van der Waals surface area contributed by atoms with Gasteiger partial charge in [-0.2, -0.15) is 0 Å². The van der Waals surface area contributed by atoms with Gasteiger partial charge in [0.25, 0.3) is 5.56 Å². The minimum absolute atomic E-state index is 0.213. The highest BCUT2D eigenvalue weighted by Crippen LogP contribution is 2.36. The van der Waals surface area contributed by atoms with E-state index in [0.29, 0.717) is 37.7 Å². The second kappa shape index (κ2) is 10.5. The molecule has 0 spiro atoms. The van der Waals surface area contributed by atoms with Gasteiger partial charge >= 0.3 is 5.97 Å². The number of hydrogen-bond donors (Lipinski definition) is 0. The van der Waals surface area contributed by atoms with E-state index in [2.05, 4.69) is 4.99 Å². The fourth-order valence-corrected chi connectivity index (χ4v) is 5.44. The molecule has 4 rings (SSSR count). The van der Waals surface area contributed by atoms with Gasteiger partial charge in [-0.25, -0.2) is 9.79 Å². The third kappa shape index (κ3) is 4.78. The number of hydrogen-bond acceptors (Lipinski definition) is 8. The zero-order chi connectivity index (χ0) is 25.1. The predicted octanol–water partition coefficient (Wildman–Crippen LogP) is 3.54. The van der Waals surface area contributed by atoms with Crippen LogP contribution in [0.2, 0.25) is 0 Å². The number of thiazole rings is 1. The van der Waals surface area contributed by atoms with E-state index in [0.717, 1.165) is 10.5 Å². The van der Waals surface area contributed by atoms with E-state index in [1.54, 1.807) is 56.5 Å². The van der Waals surface area contributed by atoms with E-state index in [4.69, 9.17) is 14.2 Å². The summed E-state index contributed by atoms with van der Waals surface area (Å²) in [5, 5.41) is 0. The molecule has 9 heteroatoms. The fraction of sp³-hybridized carbons (Fsp3) is 0.269. The van der Waals surface area contributed by atoms with Gasteiger partial charge in [-0.1, -0.05) is 29.5 Å². The highest BCUT2D eigenvalue weighted by molar-refractivity contribution is 7.98. The van der Waals surface area contributed by atoms with E-state index in [1.165, 1.54) is 11.3 Å². The van der Waals surface area contributed by atoms with Gasteiger partial charge in [-0.05, 0) is 61.6 Å². The molecule has 0 N–H and O–H groups in total. The van der Waals surface area contributed by atoms with Crippen molar-refractivity contribution in [2.24, 2.45) is 4.99 Å². The quantitative estimate of drug-likeness (QED) is 0.357. The smallest absolute Gasteiger partial charge is 0.338 e. The van der Waals surface area contributed by atoms with Gasteiger partial charge in [0.1, 0.15) is 0 Å². The van der Waals surface area contributed by atoms with Crippen LogP contribution >= 0.6 is 23.1 Å². The summed E-state index contributed by atoms with van der Waals surface area (Å²) >= 11 is 2.95. The van der Waals surface area contributed by atoms with Crippen molar-refractivity contribution in [3.8, 4) is 11.5 Å². The van der Waals surface area contributed by atoms with E-state index in [-0.39, 0.29) is 12.2 Å². The van der Waals surface area contributed by atoms with Crippen molar-refractivity contribution in [2.45, 2.75) is 24.8 Å². The molecule has 3 aromatic rings. The number of carbonyl (C=O) groups is 1. The Hall–Kier alpha value is -3.30. The number of rotatable bonds is 7. The topological polar surface area (TPSA) is 79.1 Å². The summed E-state index contributed by atoms with van der Waals surface area (Å²) < 4.78 is 18.3. The fourth-order valence-electron chi connectivity index (χ4n) is 3.98. The number of carbonyl (C=O) groups excluding carboxylic acids is 1. The third-order valence-electron chi connectivity index (χ3n) is 5.65. The van der Waals surface area contributed by atoms with Crippen molar-refractivity contribution < 1.29 is 19.0 Å². The normalized spacial score (nSPS) is 15.5. The van der Waals surface area contributed by atoms with Crippen LogP contribution < -0.4 is 24.4 Å². The minimum atomic E-state index is -0.717. The first-order valence-electron chi connectivity index (χ1n) is 11.0. The van der Waals surface area contributed by atoms with E-state index < -0.39 is 12.0 Å². The first-order chi connectivity index (χ1) is 16.9. The molecule has 35 heavy (non-hydrogen) atoms. The number of aromatic nitrogens is 1. The summed E-state index contributed by atoms with van der Waals surface area (Å²) in [4.78, 5) is 33.0. The van der Waals surface area contributed by atoms with Crippen LogP contribution in [0.15, 0.2) is 68.4 Å². The molecule has 0 amide bonds. The maximum atomic E-state index is 13.7. The molecule has 1 aliphatic rings. The van der Waals surface area contributed by atoms with Crippen LogP contribution in [-0.2, 0) is 9.53 Å². The van der Waals surface area contributed by atoms with Crippen molar-refractivity contribution in [3.05, 3.63) is 84.5 Å². The van der Waals surface area contributed by atoms with E-state index in [9.17, 15) is 9.59 Å². The SMILES string of the molecule is CCOC(=O)C1=C(C)N=c2s/c(=C\c3ccc(SC)cc3)c(=O)n2C1c1ccc(OC)c(OC)c1. The molecule has 0 fully saturated rings. The largest absolute Gasteiger partial charge is 0.493 e. The van der Waals surface area contributed by atoms with E-state index >= 15 is 0 Å². The lowest BCUT2D eigenvalue weighted by Crippen LogP contribution is -2.39. The molecule has 1 atom stereocenters. The zero-order valence-electron chi connectivity index (χ0n) is 20.2.